The van der Waals surface area contributed by atoms with E-state index >= 15 is 0 Å². The molecule has 0 bridgehead atoms. The number of carboxylic acid groups (broad SMARTS) is 1. The van der Waals surface area contributed by atoms with Crippen LogP contribution in [0.4, 0.5) is 4.39 Å². The van der Waals surface area contributed by atoms with Crippen LogP contribution in [0.2, 0.25) is 0 Å². The van der Waals surface area contributed by atoms with Gasteiger partial charge in [-0.2, -0.15) is 0 Å². The number of aliphatic carboxylic acids is 1. The van der Waals surface area contributed by atoms with Crippen molar-refractivity contribution < 1.29 is 23.8 Å². The van der Waals surface area contributed by atoms with E-state index in [1.54, 1.807) is 38.1 Å². The van der Waals surface area contributed by atoms with Crippen molar-refractivity contribution in [2.45, 2.75) is 20.8 Å². The maximum atomic E-state index is 14.1. The summed E-state index contributed by atoms with van der Waals surface area (Å²) >= 11 is 0. The lowest BCUT2D eigenvalue weighted by molar-refractivity contribution is -0.140. The van der Waals surface area contributed by atoms with E-state index in [0.29, 0.717) is 11.3 Å². The van der Waals surface area contributed by atoms with Gasteiger partial charge in [-0.25, -0.2) is 4.39 Å². The molecule has 0 aliphatic carbocycles. The lowest BCUT2D eigenvalue weighted by atomic mass is 9.89. The molecular formula is C21H21FO4. The molecule has 4 nitrogen and oxygen atoms in total. The van der Waals surface area contributed by atoms with E-state index in [0.717, 1.165) is 0 Å². The topological polar surface area (TPSA) is 63.6 Å². The molecule has 0 saturated carbocycles. The number of halogens is 1. The summed E-state index contributed by atoms with van der Waals surface area (Å²) in [5.74, 6) is -2.72. The second-order valence-corrected chi connectivity index (χ2v) is 6.28. The van der Waals surface area contributed by atoms with Crippen LogP contribution in [0.5, 0.6) is 11.5 Å². The molecule has 2 aromatic rings. The van der Waals surface area contributed by atoms with Gasteiger partial charge in [-0.3, -0.25) is 9.59 Å². The Morgan fingerprint density at radius 2 is 1.73 bits per heavy atom. The zero-order valence-corrected chi connectivity index (χ0v) is 14.9. The molecule has 1 N–H and O–H groups in total. The minimum Gasteiger partial charge on any atom is -0.481 e. The van der Waals surface area contributed by atoms with Gasteiger partial charge in [0.1, 0.15) is 5.75 Å². The molecule has 0 radical (unpaired) electrons. The first-order valence-corrected chi connectivity index (χ1v) is 8.30. The number of benzene rings is 2. The molecule has 5 heteroatoms. The quantitative estimate of drug-likeness (QED) is 0.713. The number of rotatable bonds is 7. The van der Waals surface area contributed by atoms with Gasteiger partial charge in [0, 0.05) is 11.5 Å². The molecule has 2 aromatic carbocycles. The second kappa shape index (κ2) is 8.43. The molecule has 0 heterocycles. The highest BCUT2D eigenvalue weighted by atomic mass is 19.1. The van der Waals surface area contributed by atoms with Crippen molar-refractivity contribution in [2.24, 2.45) is 11.8 Å². The minimum atomic E-state index is -1.09. The van der Waals surface area contributed by atoms with Crippen molar-refractivity contribution in [3.8, 4) is 11.5 Å². The third kappa shape index (κ3) is 4.79. The van der Waals surface area contributed by atoms with Crippen molar-refractivity contribution in [1.82, 2.24) is 0 Å². The Bertz CT molecular complexity index is 825. The van der Waals surface area contributed by atoms with E-state index in [1.165, 1.54) is 31.2 Å². The van der Waals surface area contributed by atoms with Gasteiger partial charge in [-0.1, -0.05) is 38.1 Å². The number of carbonyl (C=O) groups excluding carboxylic acids is 1. The summed E-state index contributed by atoms with van der Waals surface area (Å²) in [4.78, 5) is 23.7. The Balaban J connectivity index is 2.42. The minimum absolute atomic E-state index is 0.00396. The standard InChI is InChI=1S/C21H21FO4/c1-13(2)20(23)17(14(3)21(24)25)11-15-9-10-18(22)19(12-15)26-16-7-5-4-6-8-16/h4-14H,1-3H3,(H,24,25)/b17-11+. The molecule has 0 aliphatic heterocycles. The van der Waals surface area contributed by atoms with Gasteiger partial charge in [0.05, 0.1) is 5.92 Å². The molecule has 0 aromatic heterocycles. The van der Waals surface area contributed by atoms with Gasteiger partial charge in [0.25, 0.3) is 0 Å². The number of para-hydroxylation sites is 1. The molecule has 1 unspecified atom stereocenters. The molecule has 0 spiro atoms. The van der Waals surface area contributed by atoms with Crippen LogP contribution in [-0.4, -0.2) is 16.9 Å². The molecule has 0 aliphatic rings. The van der Waals surface area contributed by atoms with Crippen LogP contribution < -0.4 is 4.74 Å². The van der Waals surface area contributed by atoms with Crippen molar-refractivity contribution >= 4 is 17.8 Å². The highest BCUT2D eigenvalue weighted by Gasteiger charge is 2.24. The fraction of sp³-hybridized carbons (Fsp3) is 0.238. The predicted octanol–water partition coefficient (Wildman–Crippen LogP) is 4.95. The third-order valence-electron chi connectivity index (χ3n) is 3.89. The Labute approximate surface area is 151 Å². The molecule has 0 fully saturated rings. The normalized spacial score (nSPS) is 12.7. The number of carboxylic acids is 1. The summed E-state index contributed by atoms with van der Waals surface area (Å²) in [7, 11) is 0. The fourth-order valence-electron chi connectivity index (χ4n) is 2.36. The maximum absolute atomic E-state index is 14.1. The Morgan fingerprint density at radius 3 is 2.31 bits per heavy atom. The summed E-state index contributed by atoms with van der Waals surface area (Å²) in [5.41, 5.74) is 0.666. The second-order valence-electron chi connectivity index (χ2n) is 6.28. The number of carbonyl (C=O) groups is 2. The highest BCUT2D eigenvalue weighted by molar-refractivity contribution is 6.04. The summed E-state index contributed by atoms with van der Waals surface area (Å²) in [6.45, 7) is 4.87. The van der Waals surface area contributed by atoms with Crippen LogP contribution in [0.3, 0.4) is 0 Å². The van der Waals surface area contributed by atoms with Crippen molar-refractivity contribution in [3.05, 3.63) is 65.5 Å². The van der Waals surface area contributed by atoms with Gasteiger partial charge >= 0.3 is 5.97 Å². The zero-order valence-electron chi connectivity index (χ0n) is 14.9. The lowest BCUT2D eigenvalue weighted by Gasteiger charge is -2.14. The first-order valence-electron chi connectivity index (χ1n) is 8.30. The number of hydrogen-bond donors (Lipinski definition) is 1. The predicted molar refractivity (Wildman–Crippen MR) is 97.5 cm³/mol. The molecular weight excluding hydrogens is 335 g/mol. The van der Waals surface area contributed by atoms with Crippen LogP contribution in [0.15, 0.2) is 54.1 Å². The van der Waals surface area contributed by atoms with E-state index in [-0.39, 0.29) is 23.0 Å². The summed E-state index contributed by atoms with van der Waals surface area (Å²) in [5, 5.41) is 9.28. The van der Waals surface area contributed by atoms with E-state index in [9.17, 15) is 19.1 Å². The number of Topliss-reactive ketones (excluding diaryl/α,β-unsaturated/α-hetero) is 1. The first-order chi connectivity index (χ1) is 12.3. The Kier molecular flexibility index (Phi) is 6.28. The Morgan fingerprint density at radius 1 is 1.08 bits per heavy atom. The first kappa shape index (κ1) is 19.4. The zero-order chi connectivity index (χ0) is 19.3. The van der Waals surface area contributed by atoms with Gasteiger partial charge in [0.2, 0.25) is 0 Å². The molecule has 26 heavy (non-hydrogen) atoms. The number of ether oxygens (including phenoxy) is 1. The summed E-state index contributed by atoms with van der Waals surface area (Å²) < 4.78 is 19.6. The van der Waals surface area contributed by atoms with Crippen molar-refractivity contribution in [2.75, 3.05) is 0 Å². The van der Waals surface area contributed by atoms with Crippen LogP contribution in [-0.2, 0) is 9.59 Å². The van der Waals surface area contributed by atoms with Gasteiger partial charge < -0.3 is 9.84 Å². The van der Waals surface area contributed by atoms with E-state index in [1.807, 2.05) is 6.07 Å². The van der Waals surface area contributed by atoms with Crippen LogP contribution in [0.1, 0.15) is 26.3 Å². The molecule has 0 saturated heterocycles. The maximum Gasteiger partial charge on any atom is 0.310 e. The third-order valence-corrected chi connectivity index (χ3v) is 3.89. The average Bonchev–Trinajstić information content (AvgIpc) is 2.61. The largest absolute Gasteiger partial charge is 0.481 e. The average molecular weight is 356 g/mol. The highest BCUT2D eigenvalue weighted by Crippen LogP contribution is 2.27. The van der Waals surface area contributed by atoms with Gasteiger partial charge in [-0.05, 0) is 42.8 Å². The fourth-order valence-corrected chi connectivity index (χ4v) is 2.36. The van der Waals surface area contributed by atoms with Crippen LogP contribution in [0, 0.1) is 17.7 Å². The van der Waals surface area contributed by atoms with Crippen molar-refractivity contribution in [1.29, 1.82) is 0 Å². The van der Waals surface area contributed by atoms with E-state index < -0.39 is 17.7 Å². The number of hydrogen-bond acceptors (Lipinski definition) is 3. The lowest BCUT2D eigenvalue weighted by Crippen LogP contribution is -2.21. The van der Waals surface area contributed by atoms with Crippen LogP contribution >= 0.6 is 0 Å². The number of ketones is 1. The monoisotopic (exact) mass is 356 g/mol. The smallest absolute Gasteiger partial charge is 0.310 e. The van der Waals surface area contributed by atoms with E-state index in [4.69, 9.17) is 4.74 Å². The van der Waals surface area contributed by atoms with Gasteiger partial charge in [0.15, 0.2) is 17.3 Å². The van der Waals surface area contributed by atoms with Crippen molar-refractivity contribution in [3.63, 3.8) is 0 Å². The molecule has 2 rings (SSSR count). The van der Waals surface area contributed by atoms with Crippen LogP contribution in [0.25, 0.3) is 6.08 Å². The Hall–Kier alpha value is -2.95. The summed E-state index contributed by atoms with van der Waals surface area (Å²) in [6.07, 6.45) is 1.48. The molecule has 136 valence electrons. The van der Waals surface area contributed by atoms with E-state index in [2.05, 4.69) is 0 Å². The SMILES string of the molecule is CC(C)C(=O)/C(=C/c1ccc(F)c(Oc2ccccc2)c1)C(C)C(=O)O. The molecule has 1 atom stereocenters. The molecule has 0 amide bonds. The van der Waals surface area contributed by atoms with Gasteiger partial charge in [-0.15, -0.1) is 0 Å². The summed E-state index contributed by atoms with van der Waals surface area (Å²) in [6, 6.07) is 12.9.